The van der Waals surface area contributed by atoms with E-state index in [1.807, 2.05) is 13.1 Å². The molecule has 0 radical (unpaired) electrons. The van der Waals surface area contributed by atoms with E-state index in [2.05, 4.69) is 20.8 Å². The Kier molecular flexibility index (Phi) is 9.15. The number of ether oxygens (including phenoxy) is 1. The highest BCUT2D eigenvalue weighted by Crippen LogP contribution is 2.21. The SMILES string of the molecule is CCCCCCCCOC(=O)O[Si](C)(C)C(C)C. The molecule has 0 aromatic rings. The van der Waals surface area contributed by atoms with Crippen LogP contribution in [0.2, 0.25) is 18.6 Å². The summed E-state index contributed by atoms with van der Waals surface area (Å²) >= 11 is 0. The van der Waals surface area contributed by atoms with Crippen LogP contribution in [0.3, 0.4) is 0 Å². The third-order valence-electron chi connectivity index (χ3n) is 3.45. The number of rotatable bonds is 9. The Bertz CT molecular complexity index is 227. The van der Waals surface area contributed by atoms with E-state index in [1.165, 1.54) is 25.7 Å². The second-order valence-electron chi connectivity index (χ2n) is 5.73. The van der Waals surface area contributed by atoms with Crippen molar-refractivity contribution < 1.29 is 14.0 Å². The third kappa shape index (κ3) is 8.56. The Morgan fingerprint density at radius 2 is 1.61 bits per heavy atom. The maximum atomic E-state index is 11.5. The first-order valence-electron chi connectivity index (χ1n) is 7.26. The van der Waals surface area contributed by atoms with Gasteiger partial charge in [-0.05, 0) is 25.1 Å². The molecule has 0 aliphatic heterocycles. The van der Waals surface area contributed by atoms with Gasteiger partial charge in [0.1, 0.15) is 0 Å². The molecule has 0 aliphatic rings. The molecular weight excluding hydrogens is 244 g/mol. The maximum absolute atomic E-state index is 11.5. The molecule has 3 nitrogen and oxygen atoms in total. The fourth-order valence-electron chi connectivity index (χ4n) is 1.40. The predicted molar refractivity (Wildman–Crippen MR) is 78.4 cm³/mol. The predicted octanol–water partition coefficient (Wildman–Crippen LogP) is 5.12. The van der Waals surface area contributed by atoms with E-state index >= 15 is 0 Å². The highest BCUT2D eigenvalue weighted by atomic mass is 28.4. The molecule has 0 aromatic carbocycles. The molecule has 0 bridgehead atoms. The van der Waals surface area contributed by atoms with Crippen molar-refractivity contribution in [3.8, 4) is 0 Å². The number of carbonyl (C=O) groups excluding carboxylic acids is 1. The van der Waals surface area contributed by atoms with Crippen LogP contribution >= 0.6 is 0 Å². The summed E-state index contributed by atoms with van der Waals surface area (Å²) < 4.78 is 10.5. The van der Waals surface area contributed by atoms with Crippen LogP contribution in [0.1, 0.15) is 59.3 Å². The van der Waals surface area contributed by atoms with Crippen LogP contribution < -0.4 is 0 Å². The van der Waals surface area contributed by atoms with E-state index in [4.69, 9.17) is 9.16 Å². The first-order valence-corrected chi connectivity index (χ1v) is 10.2. The summed E-state index contributed by atoms with van der Waals surface area (Å²) in [5.41, 5.74) is 0.416. The van der Waals surface area contributed by atoms with E-state index in [0.717, 1.165) is 12.8 Å². The normalized spacial score (nSPS) is 11.7. The lowest BCUT2D eigenvalue weighted by Crippen LogP contribution is -2.36. The van der Waals surface area contributed by atoms with Gasteiger partial charge in [-0.25, -0.2) is 4.79 Å². The molecule has 0 N–H and O–H groups in total. The molecule has 0 unspecified atom stereocenters. The molecule has 4 heteroatoms. The molecule has 0 saturated heterocycles. The van der Waals surface area contributed by atoms with Gasteiger partial charge < -0.3 is 9.16 Å². The van der Waals surface area contributed by atoms with Gasteiger partial charge in [0, 0.05) is 0 Å². The summed E-state index contributed by atoms with van der Waals surface area (Å²) in [4.78, 5) is 11.5. The second kappa shape index (κ2) is 9.42. The van der Waals surface area contributed by atoms with Gasteiger partial charge in [-0.2, -0.15) is 0 Å². The molecule has 0 fully saturated rings. The Morgan fingerprint density at radius 1 is 1.06 bits per heavy atom. The Balaban J connectivity index is 3.54. The van der Waals surface area contributed by atoms with Crippen molar-refractivity contribution >= 4 is 14.5 Å². The summed E-state index contributed by atoms with van der Waals surface area (Å²) in [6, 6.07) is 0. The zero-order valence-electron chi connectivity index (χ0n) is 12.8. The minimum absolute atomic E-state index is 0.416. The summed E-state index contributed by atoms with van der Waals surface area (Å²) in [7, 11) is -1.90. The zero-order valence-corrected chi connectivity index (χ0v) is 13.8. The second-order valence-corrected chi connectivity index (χ2v) is 10.3. The monoisotopic (exact) mass is 274 g/mol. The van der Waals surface area contributed by atoms with Crippen LogP contribution in [0, 0.1) is 0 Å². The lowest BCUT2D eigenvalue weighted by atomic mass is 10.1. The first-order chi connectivity index (χ1) is 8.40. The van der Waals surface area contributed by atoms with Gasteiger partial charge >= 0.3 is 6.16 Å². The van der Waals surface area contributed by atoms with E-state index in [9.17, 15) is 4.79 Å². The van der Waals surface area contributed by atoms with Crippen LogP contribution in [0.4, 0.5) is 4.79 Å². The summed E-state index contributed by atoms with van der Waals surface area (Å²) in [6.45, 7) is 11.0. The molecule has 0 saturated carbocycles. The highest BCUT2D eigenvalue weighted by Gasteiger charge is 2.31. The van der Waals surface area contributed by atoms with Gasteiger partial charge in [0.15, 0.2) is 0 Å². The number of carbonyl (C=O) groups is 1. The molecule has 0 atom stereocenters. The van der Waals surface area contributed by atoms with Crippen LogP contribution in [-0.4, -0.2) is 21.1 Å². The van der Waals surface area contributed by atoms with Gasteiger partial charge in [0.2, 0.25) is 0 Å². The lowest BCUT2D eigenvalue weighted by Gasteiger charge is -2.25. The van der Waals surface area contributed by atoms with Crippen LogP contribution in [0.15, 0.2) is 0 Å². The molecule has 0 amide bonds. The van der Waals surface area contributed by atoms with Crippen molar-refractivity contribution in [3.05, 3.63) is 0 Å². The molecule has 0 rings (SSSR count). The fourth-order valence-corrected chi connectivity index (χ4v) is 2.12. The smallest absolute Gasteiger partial charge is 0.489 e. The number of unbranched alkanes of at least 4 members (excludes halogenated alkanes) is 5. The first kappa shape index (κ1) is 17.5. The van der Waals surface area contributed by atoms with Gasteiger partial charge in [0.25, 0.3) is 8.32 Å². The largest absolute Gasteiger partial charge is 0.494 e. The molecule has 0 spiro atoms. The highest BCUT2D eigenvalue weighted by molar-refractivity contribution is 6.73. The van der Waals surface area contributed by atoms with Crippen molar-refractivity contribution in [1.82, 2.24) is 0 Å². The topological polar surface area (TPSA) is 35.5 Å². The van der Waals surface area contributed by atoms with Crippen molar-refractivity contribution in [2.24, 2.45) is 0 Å². The van der Waals surface area contributed by atoms with Crippen molar-refractivity contribution in [2.45, 2.75) is 77.9 Å². The molecule has 0 heterocycles. The molecular formula is C14H30O3Si. The lowest BCUT2D eigenvalue weighted by molar-refractivity contribution is 0.0941. The van der Waals surface area contributed by atoms with E-state index < -0.39 is 14.5 Å². The Hall–Kier alpha value is -0.513. The fraction of sp³-hybridized carbons (Fsp3) is 0.929. The number of hydrogen-bond acceptors (Lipinski definition) is 3. The van der Waals surface area contributed by atoms with Gasteiger partial charge in [-0.1, -0.05) is 52.9 Å². The average molecular weight is 274 g/mol. The molecule has 108 valence electrons. The minimum atomic E-state index is -1.90. The van der Waals surface area contributed by atoms with Gasteiger partial charge in [-0.15, -0.1) is 0 Å². The molecule has 18 heavy (non-hydrogen) atoms. The average Bonchev–Trinajstić information content (AvgIpc) is 2.27. The van der Waals surface area contributed by atoms with Gasteiger partial charge in [0.05, 0.1) is 6.61 Å². The van der Waals surface area contributed by atoms with E-state index in [0.29, 0.717) is 12.1 Å². The van der Waals surface area contributed by atoms with E-state index in [-0.39, 0.29) is 0 Å². The van der Waals surface area contributed by atoms with Crippen LogP contribution in [-0.2, 0) is 9.16 Å². The van der Waals surface area contributed by atoms with Crippen molar-refractivity contribution in [3.63, 3.8) is 0 Å². The standard InChI is InChI=1S/C14H30O3Si/c1-6-7-8-9-10-11-12-16-14(15)17-18(4,5)13(2)3/h13H,6-12H2,1-5H3. The van der Waals surface area contributed by atoms with Crippen molar-refractivity contribution in [2.75, 3.05) is 6.61 Å². The summed E-state index contributed by atoms with van der Waals surface area (Å²) in [5, 5.41) is 0. The van der Waals surface area contributed by atoms with E-state index in [1.54, 1.807) is 0 Å². The summed E-state index contributed by atoms with van der Waals surface area (Å²) in [6.07, 6.45) is 6.69. The van der Waals surface area contributed by atoms with Crippen LogP contribution in [0.5, 0.6) is 0 Å². The van der Waals surface area contributed by atoms with Crippen LogP contribution in [0.25, 0.3) is 0 Å². The minimum Gasteiger partial charge on any atom is -0.489 e. The molecule has 0 aliphatic carbocycles. The van der Waals surface area contributed by atoms with Gasteiger partial charge in [-0.3, -0.25) is 0 Å². The Morgan fingerprint density at radius 3 is 2.17 bits per heavy atom. The zero-order chi connectivity index (χ0) is 14.0. The van der Waals surface area contributed by atoms with Crippen molar-refractivity contribution in [1.29, 1.82) is 0 Å². The third-order valence-corrected chi connectivity index (χ3v) is 6.93. The Labute approximate surface area is 113 Å². The maximum Gasteiger partial charge on any atom is 0.494 e. The number of hydrogen-bond donors (Lipinski definition) is 0. The summed E-state index contributed by atoms with van der Waals surface area (Å²) in [5.74, 6) is 0. The molecule has 0 aromatic heterocycles. The quantitative estimate of drug-likeness (QED) is 0.333.